The standard InChI is InChI=1S/C14H17N3O5/c1-21-11-5-2-9(3-6-11)8-10(15-13(18)19)4-7-12-16-14(20)22-17-12/h2-3,5-6,10,15H,4,7-8H2,1H3,(H,18,19)(H,16,17,20). The van der Waals surface area contributed by atoms with E-state index >= 15 is 0 Å². The van der Waals surface area contributed by atoms with Crippen molar-refractivity contribution in [3.05, 3.63) is 46.2 Å². The average molecular weight is 307 g/mol. The lowest BCUT2D eigenvalue weighted by atomic mass is 10.0. The Morgan fingerprint density at radius 1 is 1.45 bits per heavy atom. The smallest absolute Gasteiger partial charge is 0.438 e. The third-order valence-electron chi connectivity index (χ3n) is 3.18. The van der Waals surface area contributed by atoms with Crippen LogP contribution in [0.1, 0.15) is 17.8 Å². The van der Waals surface area contributed by atoms with Gasteiger partial charge >= 0.3 is 11.8 Å². The van der Waals surface area contributed by atoms with Gasteiger partial charge in [-0.1, -0.05) is 17.3 Å². The van der Waals surface area contributed by atoms with Gasteiger partial charge in [0.05, 0.1) is 7.11 Å². The van der Waals surface area contributed by atoms with Gasteiger partial charge in [0, 0.05) is 12.5 Å². The van der Waals surface area contributed by atoms with Crippen molar-refractivity contribution in [3.8, 4) is 5.75 Å². The lowest BCUT2D eigenvalue weighted by molar-refractivity contribution is 0.189. The summed E-state index contributed by atoms with van der Waals surface area (Å²) in [5, 5.41) is 15.0. The van der Waals surface area contributed by atoms with Gasteiger partial charge in [0.25, 0.3) is 0 Å². The van der Waals surface area contributed by atoms with E-state index < -0.39 is 11.8 Å². The fourth-order valence-electron chi connectivity index (χ4n) is 2.13. The van der Waals surface area contributed by atoms with Gasteiger partial charge in [-0.2, -0.15) is 0 Å². The van der Waals surface area contributed by atoms with Crippen LogP contribution in [0.5, 0.6) is 5.75 Å². The Bertz CT molecular complexity index is 662. The molecular weight excluding hydrogens is 290 g/mol. The molecule has 0 bridgehead atoms. The molecule has 0 spiro atoms. The molecule has 8 heteroatoms. The molecule has 2 rings (SSSR count). The molecule has 2 aromatic rings. The average Bonchev–Trinajstić information content (AvgIpc) is 2.91. The van der Waals surface area contributed by atoms with Gasteiger partial charge in [-0.3, -0.25) is 9.51 Å². The van der Waals surface area contributed by atoms with E-state index in [0.717, 1.165) is 11.3 Å². The monoisotopic (exact) mass is 307 g/mol. The van der Waals surface area contributed by atoms with Crippen molar-refractivity contribution in [2.24, 2.45) is 0 Å². The molecule has 0 aliphatic heterocycles. The van der Waals surface area contributed by atoms with Crippen LogP contribution in [-0.2, 0) is 12.8 Å². The van der Waals surface area contributed by atoms with Crippen molar-refractivity contribution in [1.82, 2.24) is 15.5 Å². The van der Waals surface area contributed by atoms with E-state index in [1.807, 2.05) is 24.3 Å². The largest absolute Gasteiger partial charge is 0.497 e. The minimum Gasteiger partial charge on any atom is -0.497 e. The van der Waals surface area contributed by atoms with Crippen molar-refractivity contribution in [2.45, 2.75) is 25.3 Å². The Kier molecular flexibility index (Phi) is 5.18. The molecule has 0 saturated carbocycles. The number of carboxylic acid groups (broad SMARTS) is 1. The summed E-state index contributed by atoms with van der Waals surface area (Å²) in [5.41, 5.74) is 0.980. The van der Waals surface area contributed by atoms with E-state index in [2.05, 4.69) is 20.0 Å². The van der Waals surface area contributed by atoms with Crippen LogP contribution < -0.4 is 15.8 Å². The number of aryl methyl sites for hydroxylation is 1. The molecule has 0 saturated heterocycles. The highest BCUT2D eigenvalue weighted by atomic mass is 16.5. The third kappa shape index (κ3) is 4.65. The van der Waals surface area contributed by atoms with Crippen molar-refractivity contribution in [3.63, 3.8) is 0 Å². The molecule has 1 aromatic carbocycles. The summed E-state index contributed by atoms with van der Waals surface area (Å²) in [5.74, 6) is 0.525. The van der Waals surface area contributed by atoms with Crippen LogP contribution in [-0.4, -0.2) is 34.5 Å². The van der Waals surface area contributed by atoms with Crippen LogP contribution in [0, 0.1) is 0 Å². The number of methoxy groups -OCH3 is 1. The van der Waals surface area contributed by atoms with E-state index in [1.54, 1.807) is 7.11 Å². The summed E-state index contributed by atoms with van der Waals surface area (Å²) >= 11 is 0. The zero-order valence-electron chi connectivity index (χ0n) is 12.0. The third-order valence-corrected chi connectivity index (χ3v) is 3.18. The number of carbonyl (C=O) groups is 1. The van der Waals surface area contributed by atoms with Crippen LogP contribution in [0.15, 0.2) is 33.6 Å². The molecule has 8 nitrogen and oxygen atoms in total. The van der Waals surface area contributed by atoms with Crippen molar-refractivity contribution in [1.29, 1.82) is 0 Å². The number of hydrogen-bond acceptors (Lipinski definition) is 5. The number of hydrogen-bond donors (Lipinski definition) is 3. The summed E-state index contributed by atoms with van der Waals surface area (Å²) in [6.45, 7) is 0. The van der Waals surface area contributed by atoms with Crippen LogP contribution in [0.3, 0.4) is 0 Å². The predicted molar refractivity (Wildman–Crippen MR) is 77.1 cm³/mol. The molecule has 22 heavy (non-hydrogen) atoms. The molecule has 1 unspecified atom stereocenters. The van der Waals surface area contributed by atoms with Crippen molar-refractivity contribution >= 4 is 6.09 Å². The Balaban J connectivity index is 1.98. The van der Waals surface area contributed by atoms with E-state index in [-0.39, 0.29) is 6.04 Å². The highest BCUT2D eigenvalue weighted by Crippen LogP contribution is 2.14. The molecule has 1 amide bonds. The fraction of sp³-hybridized carbons (Fsp3) is 0.357. The number of nitrogens with zero attached hydrogens (tertiary/aromatic N) is 1. The van der Waals surface area contributed by atoms with Gasteiger partial charge < -0.3 is 15.2 Å². The highest BCUT2D eigenvalue weighted by Gasteiger charge is 2.14. The zero-order valence-corrected chi connectivity index (χ0v) is 12.0. The molecule has 0 aliphatic carbocycles. The first-order chi connectivity index (χ1) is 10.6. The maximum absolute atomic E-state index is 10.9. The second kappa shape index (κ2) is 7.30. The van der Waals surface area contributed by atoms with Gasteiger partial charge in [-0.05, 0) is 30.5 Å². The van der Waals surface area contributed by atoms with Crippen LogP contribution in [0.2, 0.25) is 0 Å². The summed E-state index contributed by atoms with van der Waals surface area (Å²) in [6.07, 6.45) is 0.332. The summed E-state index contributed by atoms with van der Waals surface area (Å²) in [6, 6.07) is 7.11. The lowest BCUT2D eigenvalue weighted by Gasteiger charge is -2.16. The first-order valence-electron chi connectivity index (χ1n) is 6.74. The van der Waals surface area contributed by atoms with E-state index in [9.17, 15) is 9.59 Å². The number of benzene rings is 1. The Hall–Kier alpha value is -2.77. The Morgan fingerprint density at radius 3 is 2.73 bits per heavy atom. The highest BCUT2D eigenvalue weighted by molar-refractivity contribution is 5.64. The predicted octanol–water partition coefficient (Wildman–Crippen LogP) is 1.18. The van der Waals surface area contributed by atoms with E-state index in [1.165, 1.54) is 0 Å². The molecule has 0 radical (unpaired) electrons. The lowest BCUT2D eigenvalue weighted by Crippen LogP contribution is -2.35. The molecule has 1 aromatic heterocycles. The number of aromatic amines is 1. The number of nitrogens with one attached hydrogen (secondary N) is 2. The normalized spacial score (nSPS) is 11.9. The Labute approximate surface area is 126 Å². The summed E-state index contributed by atoms with van der Waals surface area (Å²) < 4.78 is 9.49. The quantitative estimate of drug-likeness (QED) is 0.707. The molecule has 1 heterocycles. The molecule has 0 aliphatic rings. The van der Waals surface area contributed by atoms with Gasteiger partial charge in [-0.25, -0.2) is 9.59 Å². The zero-order chi connectivity index (χ0) is 15.9. The molecular formula is C14H17N3O5. The minimum absolute atomic E-state index is 0.300. The van der Waals surface area contributed by atoms with Gasteiger partial charge in [0.15, 0.2) is 5.82 Å². The summed E-state index contributed by atoms with van der Waals surface area (Å²) in [4.78, 5) is 24.2. The maximum atomic E-state index is 10.9. The number of aromatic nitrogens is 2. The van der Waals surface area contributed by atoms with Crippen LogP contribution in [0.25, 0.3) is 0 Å². The second-order valence-electron chi connectivity index (χ2n) is 4.78. The van der Waals surface area contributed by atoms with Crippen LogP contribution in [0.4, 0.5) is 4.79 Å². The maximum Gasteiger partial charge on any atom is 0.438 e. The van der Waals surface area contributed by atoms with Crippen molar-refractivity contribution < 1.29 is 19.2 Å². The Morgan fingerprint density at radius 2 is 2.18 bits per heavy atom. The number of H-pyrrole nitrogens is 1. The molecule has 1 atom stereocenters. The number of ether oxygens (including phenoxy) is 1. The van der Waals surface area contributed by atoms with Gasteiger partial charge in [-0.15, -0.1) is 0 Å². The molecule has 118 valence electrons. The first kappa shape index (κ1) is 15.6. The van der Waals surface area contributed by atoms with Crippen LogP contribution >= 0.6 is 0 Å². The molecule has 3 N–H and O–H groups in total. The van der Waals surface area contributed by atoms with Gasteiger partial charge in [0.2, 0.25) is 0 Å². The first-order valence-corrected chi connectivity index (χ1v) is 6.74. The fourth-order valence-corrected chi connectivity index (χ4v) is 2.13. The molecule has 0 fully saturated rings. The minimum atomic E-state index is -1.09. The summed E-state index contributed by atoms with van der Waals surface area (Å²) in [7, 11) is 1.59. The van der Waals surface area contributed by atoms with Gasteiger partial charge in [0.1, 0.15) is 5.75 Å². The van der Waals surface area contributed by atoms with E-state index in [0.29, 0.717) is 25.1 Å². The number of rotatable bonds is 7. The SMILES string of the molecule is COc1ccc(CC(CCc2noc(=O)[nH]2)NC(=O)O)cc1. The van der Waals surface area contributed by atoms with E-state index in [4.69, 9.17) is 9.84 Å². The van der Waals surface area contributed by atoms with Crippen molar-refractivity contribution in [2.75, 3.05) is 7.11 Å². The topological polar surface area (TPSA) is 117 Å². The second-order valence-corrected chi connectivity index (χ2v) is 4.78. The number of amides is 1.